The van der Waals surface area contributed by atoms with Crippen LogP contribution in [-0.2, 0) is 6.42 Å². The van der Waals surface area contributed by atoms with E-state index in [0.29, 0.717) is 10.7 Å². The molecule has 2 rings (SSSR count). The zero-order valence-corrected chi connectivity index (χ0v) is 6.78. The van der Waals surface area contributed by atoms with Gasteiger partial charge >= 0.3 is 0 Å². The Labute approximate surface area is 70.3 Å². The van der Waals surface area contributed by atoms with E-state index in [1.54, 1.807) is 0 Å². The number of nitrogen functional groups attached to an aromatic ring is 1. The standard InChI is InChI=1S/C8H9ClN2/c9-7-6(10)2-1-5-3-4-11-8(5)7/h1-2,11H,3-4,10H2. The molecule has 0 radical (unpaired) electrons. The van der Waals surface area contributed by atoms with E-state index in [2.05, 4.69) is 5.32 Å². The van der Waals surface area contributed by atoms with Gasteiger partial charge in [0.15, 0.2) is 0 Å². The van der Waals surface area contributed by atoms with Gasteiger partial charge in [-0.25, -0.2) is 0 Å². The Morgan fingerprint density at radius 2 is 2.27 bits per heavy atom. The molecular formula is C8H9ClN2. The number of halogens is 1. The summed E-state index contributed by atoms with van der Waals surface area (Å²) in [6.07, 6.45) is 1.05. The van der Waals surface area contributed by atoms with Crippen molar-refractivity contribution in [1.82, 2.24) is 0 Å². The monoisotopic (exact) mass is 168 g/mol. The van der Waals surface area contributed by atoms with E-state index in [9.17, 15) is 0 Å². The number of nitrogens with one attached hydrogen (secondary N) is 1. The Balaban J connectivity index is 2.62. The third-order valence-electron chi connectivity index (χ3n) is 1.95. The van der Waals surface area contributed by atoms with Crippen LogP contribution in [-0.4, -0.2) is 6.54 Å². The summed E-state index contributed by atoms with van der Waals surface area (Å²) in [7, 11) is 0. The average Bonchev–Trinajstić information content (AvgIpc) is 2.45. The van der Waals surface area contributed by atoms with Gasteiger partial charge in [0.2, 0.25) is 0 Å². The molecule has 2 nitrogen and oxygen atoms in total. The van der Waals surface area contributed by atoms with Crippen LogP contribution < -0.4 is 11.1 Å². The van der Waals surface area contributed by atoms with Crippen LogP contribution in [0.15, 0.2) is 12.1 Å². The minimum atomic E-state index is 0.653. The molecule has 11 heavy (non-hydrogen) atoms. The van der Waals surface area contributed by atoms with Gasteiger partial charge in [-0.2, -0.15) is 0 Å². The number of benzene rings is 1. The van der Waals surface area contributed by atoms with Gasteiger partial charge in [-0.05, 0) is 18.1 Å². The maximum absolute atomic E-state index is 5.95. The van der Waals surface area contributed by atoms with E-state index >= 15 is 0 Å². The first-order valence-corrected chi connectivity index (χ1v) is 3.97. The summed E-state index contributed by atoms with van der Waals surface area (Å²) in [5.74, 6) is 0. The smallest absolute Gasteiger partial charge is 0.0869 e. The van der Waals surface area contributed by atoms with E-state index in [1.807, 2.05) is 12.1 Å². The molecule has 0 aliphatic carbocycles. The number of hydrogen-bond acceptors (Lipinski definition) is 2. The van der Waals surface area contributed by atoms with Crippen LogP contribution >= 0.6 is 11.6 Å². The van der Waals surface area contributed by atoms with Crippen molar-refractivity contribution >= 4 is 23.0 Å². The van der Waals surface area contributed by atoms with E-state index in [4.69, 9.17) is 17.3 Å². The van der Waals surface area contributed by atoms with E-state index in [-0.39, 0.29) is 0 Å². The van der Waals surface area contributed by atoms with Crippen LogP contribution in [0.25, 0.3) is 0 Å². The molecule has 0 saturated heterocycles. The molecule has 0 atom stereocenters. The second-order valence-electron chi connectivity index (χ2n) is 2.68. The first-order chi connectivity index (χ1) is 5.29. The summed E-state index contributed by atoms with van der Waals surface area (Å²) in [4.78, 5) is 0. The maximum Gasteiger partial charge on any atom is 0.0869 e. The number of nitrogens with two attached hydrogens (primary N) is 1. The van der Waals surface area contributed by atoms with Crippen molar-refractivity contribution in [2.45, 2.75) is 6.42 Å². The Kier molecular flexibility index (Phi) is 1.43. The summed E-state index contributed by atoms with van der Waals surface area (Å²) in [5, 5.41) is 3.86. The van der Waals surface area contributed by atoms with Crippen molar-refractivity contribution in [2.75, 3.05) is 17.6 Å². The molecule has 0 saturated carbocycles. The lowest BCUT2D eigenvalue weighted by Crippen LogP contribution is -1.93. The molecule has 0 spiro atoms. The lowest BCUT2D eigenvalue weighted by atomic mass is 10.1. The van der Waals surface area contributed by atoms with Crippen LogP contribution in [0.3, 0.4) is 0 Å². The molecular weight excluding hydrogens is 160 g/mol. The predicted molar refractivity (Wildman–Crippen MR) is 48.1 cm³/mol. The maximum atomic E-state index is 5.95. The van der Waals surface area contributed by atoms with Gasteiger partial charge < -0.3 is 11.1 Å². The molecule has 58 valence electrons. The predicted octanol–water partition coefficient (Wildman–Crippen LogP) is 1.89. The average molecular weight is 169 g/mol. The van der Waals surface area contributed by atoms with Crippen LogP contribution in [0.5, 0.6) is 0 Å². The Morgan fingerprint density at radius 1 is 1.45 bits per heavy atom. The molecule has 1 aromatic rings. The van der Waals surface area contributed by atoms with Crippen molar-refractivity contribution in [3.63, 3.8) is 0 Å². The van der Waals surface area contributed by atoms with Crippen molar-refractivity contribution in [3.8, 4) is 0 Å². The summed E-state index contributed by atoms with van der Waals surface area (Å²) < 4.78 is 0. The SMILES string of the molecule is Nc1ccc2c(c1Cl)NCC2. The third kappa shape index (κ3) is 0.942. The topological polar surface area (TPSA) is 38.0 Å². The number of fused-ring (bicyclic) bond motifs is 1. The molecule has 1 aliphatic rings. The number of anilines is 2. The normalized spacial score (nSPS) is 14.3. The fraction of sp³-hybridized carbons (Fsp3) is 0.250. The molecule has 3 N–H and O–H groups in total. The fourth-order valence-electron chi connectivity index (χ4n) is 1.35. The van der Waals surface area contributed by atoms with Gasteiger partial charge in [0.1, 0.15) is 0 Å². The molecule has 1 heterocycles. The molecule has 0 bridgehead atoms. The molecule has 3 heteroatoms. The van der Waals surface area contributed by atoms with Crippen molar-refractivity contribution in [1.29, 1.82) is 0 Å². The molecule has 0 aromatic heterocycles. The quantitative estimate of drug-likeness (QED) is 0.581. The van der Waals surface area contributed by atoms with Gasteiger partial charge in [0.25, 0.3) is 0 Å². The zero-order chi connectivity index (χ0) is 7.84. The second kappa shape index (κ2) is 2.31. The molecule has 0 amide bonds. The lowest BCUT2D eigenvalue weighted by Gasteiger charge is -2.04. The van der Waals surface area contributed by atoms with Crippen LogP contribution in [0, 0.1) is 0 Å². The molecule has 1 aromatic carbocycles. The van der Waals surface area contributed by atoms with E-state index in [1.165, 1.54) is 5.56 Å². The van der Waals surface area contributed by atoms with Gasteiger partial charge in [-0.15, -0.1) is 0 Å². The Hall–Kier alpha value is -0.890. The first-order valence-electron chi connectivity index (χ1n) is 3.60. The van der Waals surface area contributed by atoms with Crippen LogP contribution in [0.4, 0.5) is 11.4 Å². The van der Waals surface area contributed by atoms with E-state index < -0.39 is 0 Å². The highest BCUT2D eigenvalue weighted by atomic mass is 35.5. The third-order valence-corrected chi connectivity index (χ3v) is 2.36. The summed E-state index contributed by atoms with van der Waals surface area (Å²) >= 11 is 5.95. The van der Waals surface area contributed by atoms with Crippen molar-refractivity contribution in [3.05, 3.63) is 22.7 Å². The van der Waals surface area contributed by atoms with E-state index in [0.717, 1.165) is 18.7 Å². The molecule has 1 aliphatic heterocycles. The van der Waals surface area contributed by atoms with Gasteiger partial charge in [-0.3, -0.25) is 0 Å². The Bertz CT molecular complexity index is 296. The first kappa shape index (κ1) is 6.80. The van der Waals surface area contributed by atoms with Gasteiger partial charge in [-0.1, -0.05) is 17.7 Å². The summed E-state index contributed by atoms with van der Waals surface area (Å²) in [6, 6.07) is 3.88. The largest absolute Gasteiger partial charge is 0.397 e. The summed E-state index contributed by atoms with van der Waals surface area (Å²) in [5.41, 5.74) is 8.56. The minimum Gasteiger partial charge on any atom is -0.397 e. The summed E-state index contributed by atoms with van der Waals surface area (Å²) in [6.45, 7) is 0.971. The second-order valence-corrected chi connectivity index (χ2v) is 3.06. The number of rotatable bonds is 0. The molecule has 0 fully saturated rings. The van der Waals surface area contributed by atoms with Crippen LogP contribution in [0.2, 0.25) is 5.02 Å². The molecule has 0 unspecified atom stereocenters. The Morgan fingerprint density at radius 3 is 3.09 bits per heavy atom. The van der Waals surface area contributed by atoms with Crippen LogP contribution in [0.1, 0.15) is 5.56 Å². The lowest BCUT2D eigenvalue weighted by molar-refractivity contribution is 1.11. The van der Waals surface area contributed by atoms with Crippen molar-refractivity contribution < 1.29 is 0 Å². The highest BCUT2D eigenvalue weighted by Gasteiger charge is 2.14. The van der Waals surface area contributed by atoms with Gasteiger partial charge in [0.05, 0.1) is 16.4 Å². The highest BCUT2D eigenvalue weighted by molar-refractivity contribution is 6.36. The fourth-order valence-corrected chi connectivity index (χ4v) is 1.60. The zero-order valence-electron chi connectivity index (χ0n) is 6.02. The minimum absolute atomic E-state index is 0.653. The highest BCUT2D eigenvalue weighted by Crippen LogP contribution is 2.34. The number of hydrogen-bond donors (Lipinski definition) is 2. The van der Waals surface area contributed by atoms with Crippen molar-refractivity contribution in [2.24, 2.45) is 0 Å². The van der Waals surface area contributed by atoms with Gasteiger partial charge in [0, 0.05) is 6.54 Å².